The number of halogens is 3. The minimum Gasteiger partial charge on any atom is -0.396 e. The molecule has 2 nitrogen and oxygen atoms in total. The minimum atomic E-state index is -1.18. The summed E-state index contributed by atoms with van der Waals surface area (Å²) in [6, 6.07) is 1.55. The van der Waals surface area contributed by atoms with Crippen LogP contribution in [0.4, 0.5) is 13.2 Å². The molecule has 2 rings (SSSR count). The van der Waals surface area contributed by atoms with Gasteiger partial charge in [0.15, 0.2) is 11.6 Å². The van der Waals surface area contributed by atoms with Crippen LogP contribution in [0.3, 0.4) is 0 Å². The normalized spacial score (nSPS) is 16.9. The van der Waals surface area contributed by atoms with Gasteiger partial charge in [0.2, 0.25) is 0 Å². The van der Waals surface area contributed by atoms with Gasteiger partial charge in [0, 0.05) is 30.8 Å². The van der Waals surface area contributed by atoms with Crippen molar-refractivity contribution in [2.24, 2.45) is 5.92 Å². The summed E-state index contributed by atoms with van der Waals surface area (Å²) in [6.07, 6.45) is 2.78. The zero-order valence-corrected chi connectivity index (χ0v) is 9.93. The number of hydrogen-bond donors (Lipinski definition) is 2. The summed E-state index contributed by atoms with van der Waals surface area (Å²) >= 11 is 0. The summed E-state index contributed by atoms with van der Waals surface area (Å²) in [6.45, 7) is 0.207. The number of aliphatic hydroxyl groups is 1. The van der Waals surface area contributed by atoms with Gasteiger partial charge < -0.3 is 10.4 Å². The lowest BCUT2D eigenvalue weighted by atomic mass is 10.1. The van der Waals surface area contributed by atoms with Crippen LogP contribution in [0.25, 0.3) is 0 Å². The van der Waals surface area contributed by atoms with E-state index in [1.165, 1.54) is 0 Å². The highest BCUT2D eigenvalue weighted by atomic mass is 19.2. The standard InChI is InChI=1S/C13H16F3NO/c14-10-6-12(16)11(15)5-9(10)7-17-13(3-4-18)8-1-2-8/h5-6,8,13,17-18H,1-4,7H2. The van der Waals surface area contributed by atoms with Gasteiger partial charge in [-0.3, -0.25) is 0 Å². The highest BCUT2D eigenvalue weighted by molar-refractivity contribution is 5.20. The summed E-state index contributed by atoms with van der Waals surface area (Å²) in [5, 5.41) is 12.0. The summed E-state index contributed by atoms with van der Waals surface area (Å²) in [4.78, 5) is 0. The Morgan fingerprint density at radius 2 is 1.83 bits per heavy atom. The van der Waals surface area contributed by atoms with Crippen molar-refractivity contribution >= 4 is 0 Å². The zero-order valence-electron chi connectivity index (χ0n) is 9.93. The molecule has 0 amide bonds. The molecule has 0 aromatic heterocycles. The lowest BCUT2D eigenvalue weighted by molar-refractivity contribution is 0.255. The summed E-state index contributed by atoms with van der Waals surface area (Å²) in [5.74, 6) is -2.46. The van der Waals surface area contributed by atoms with Crippen molar-refractivity contribution in [3.63, 3.8) is 0 Å². The van der Waals surface area contributed by atoms with Gasteiger partial charge in [-0.05, 0) is 31.2 Å². The molecule has 0 saturated heterocycles. The smallest absolute Gasteiger partial charge is 0.161 e. The van der Waals surface area contributed by atoms with Crippen molar-refractivity contribution in [3.8, 4) is 0 Å². The van der Waals surface area contributed by atoms with Crippen molar-refractivity contribution in [3.05, 3.63) is 35.1 Å². The van der Waals surface area contributed by atoms with Crippen molar-refractivity contribution in [2.75, 3.05) is 6.61 Å². The predicted molar refractivity (Wildman–Crippen MR) is 61.4 cm³/mol. The lowest BCUT2D eigenvalue weighted by Crippen LogP contribution is -2.31. The summed E-state index contributed by atoms with van der Waals surface area (Å²) < 4.78 is 39.1. The van der Waals surface area contributed by atoms with E-state index >= 15 is 0 Å². The number of benzene rings is 1. The Kier molecular flexibility index (Phi) is 4.24. The van der Waals surface area contributed by atoms with Crippen molar-refractivity contribution < 1.29 is 18.3 Å². The molecule has 1 saturated carbocycles. The Bertz CT molecular complexity index is 421. The fraction of sp³-hybridized carbons (Fsp3) is 0.538. The molecule has 0 aliphatic heterocycles. The monoisotopic (exact) mass is 259 g/mol. The van der Waals surface area contributed by atoms with Crippen LogP contribution >= 0.6 is 0 Å². The molecule has 1 aromatic rings. The average molecular weight is 259 g/mol. The molecule has 1 atom stereocenters. The first kappa shape index (κ1) is 13.4. The van der Waals surface area contributed by atoms with Gasteiger partial charge in [-0.15, -0.1) is 0 Å². The second-order valence-corrected chi connectivity index (χ2v) is 4.69. The molecule has 2 N–H and O–H groups in total. The van der Waals surface area contributed by atoms with Crippen LogP contribution in [0.15, 0.2) is 12.1 Å². The maximum Gasteiger partial charge on any atom is 0.161 e. The molecule has 0 heterocycles. The molecule has 1 unspecified atom stereocenters. The van der Waals surface area contributed by atoms with Gasteiger partial charge in [0.05, 0.1) is 0 Å². The maximum absolute atomic E-state index is 13.4. The SMILES string of the molecule is OCCC(NCc1cc(F)c(F)cc1F)C1CC1. The molecule has 1 aliphatic carbocycles. The van der Waals surface area contributed by atoms with Gasteiger partial charge >= 0.3 is 0 Å². The fourth-order valence-electron chi connectivity index (χ4n) is 2.08. The summed E-state index contributed by atoms with van der Waals surface area (Å²) in [5.41, 5.74) is 0.109. The average Bonchev–Trinajstić information content (AvgIpc) is 3.14. The number of hydrogen-bond acceptors (Lipinski definition) is 2. The van der Waals surface area contributed by atoms with Gasteiger partial charge in [0.1, 0.15) is 5.82 Å². The van der Waals surface area contributed by atoms with Gasteiger partial charge in [-0.1, -0.05) is 0 Å². The van der Waals surface area contributed by atoms with Crippen LogP contribution < -0.4 is 5.32 Å². The van der Waals surface area contributed by atoms with Gasteiger partial charge in [-0.25, -0.2) is 13.2 Å². The Morgan fingerprint density at radius 3 is 2.44 bits per heavy atom. The quantitative estimate of drug-likeness (QED) is 0.769. The van der Waals surface area contributed by atoms with Crippen LogP contribution in [0.2, 0.25) is 0 Å². The van der Waals surface area contributed by atoms with E-state index in [2.05, 4.69) is 5.32 Å². The van der Waals surface area contributed by atoms with Crippen LogP contribution in [-0.2, 0) is 6.54 Å². The van der Waals surface area contributed by atoms with E-state index in [0.29, 0.717) is 18.4 Å². The first-order valence-corrected chi connectivity index (χ1v) is 6.09. The third-order valence-corrected chi connectivity index (χ3v) is 3.28. The maximum atomic E-state index is 13.4. The van der Waals surface area contributed by atoms with E-state index in [-0.39, 0.29) is 24.8 Å². The largest absolute Gasteiger partial charge is 0.396 e. The topological polar surface area (TPSA) is 32.3 Å². The first-order valence-electron chi connectivity index (χ1n) is 6.09. The molecule has 1 aromatic carbocycles. The third-order valence-electron chi connectivity index (χ3n) is 3.28. The molecular formula is C13H16F3NO. The Morgan fingerprint density at radius 1 is 1.17 bits per heavy atom. The van der Waals surface area contributed by atoms with E-state index in [4.69, 9.17) is 5.11 Å². The zero-order chi connectivity index (χ0) is 13.1. The summed E-state index contributed by atoms with van der Waals surface area (Å²) in [7, 11) is 0. The molecule has 0 radical (unpaired) electrons. The highest BCUT2D eigenvalue weighted by Gasteiger charge is 2.30. The molecule has 18 heavy (non-hydrogen) atoms. The van der Waals surface area contributed by atoms with E-state index in [0.717, 1.165) is 18.9 Å². The van der Waals surface area contributed by atoms with Crippen molar-refractivity contribution in [2.45, 2.75) is 31.8 Å². The van der Waals surface area contributed by atoms with Crippen LogP contribution in [0.5, 0.6) is 0 Å². The van der Waals surface area contributed by atoms with E-state index in [1.54, 1.807) is 0 Å². The fourth-order valence-corrected chi connectivity index (χ4v) is 2.08. The highest BCUT2D eigenvalue weighted by Crippen LogP contribution is 2.34. The molecule has 1 fully saturated rings. The second-order valence-electron chi connectivity index (χ2n) is 4.69. The van der Waals surface area contributed by atoms with Crippen LogP contribution in [-0.4, -0.2) is 17.8 Å². The number of nitrogens with one attached hydrogen (secondary N) is 1. The Hall–Kier alpha value is -1.07. The van der Waals surface area contributed by atoms with Crippen LogP contribution in [0.1, 0.15) is 24.8 Å². The Balaban J connectivity index is 1.98. The van der Waals surface area contributed by atoms with E-state index in [9.17, 15) is 13.2 Å². The van der Waals surface area contributed by atoms with Gasteiger partial charge in [0.25, 0.3) is 0 Å². The molecule has 1 aliphatic rings. The molecular weight excluding hydrogens is 243 g/mol. The molecule has 0 spiro atoms. The molecule has 0 bridgehead atoms. The first-order chi connectivity index (χ1) is 8.61. The van der Waals surface area contributed by atoms with E-state index < -0.39 is 17.5 Å². The number of aliphatic hydroxyl groups excluding tert-OH is 1. The third kappa shape index (κ3) is 3.23. The van der Waals surface area contributed by atoms with Crippen molar-refractivity contribution in [1.29, 1.82) is 0 Å². The number of rotatable bonds is 6. The molecule has 5 heteroatoms. The Labute approximate surface area is 104 Å². The van der Waals surface area contributed by atoms with Crippen molar-refractivity contribution in [1.82, 2.24) is 5.32 Å². The minimum absolute atomic E-state index is 0.0639. The van der Waals surface area contributed by atoms with Crippen LogP contribution in [0, 0.1) is 23.4 Å². The van der Waals surface area contributed by atoms with E-state index in [1.807, 2.05) is 0 Å². The van der Waals surface area contributed by atoms with Gasteiger partial charge in [-0.2, -0.15) is 0 Å². The predicted octanol–water partition coefficient (Wildman–Crippen LogP) is 2.35. The lowest BCUT2D eigenvalue weighted by Gasteiger charge is -2.17. The molecule has 100 valence electrons. The second kappa shape index (κ2) is 5.71.